The molecule has 0 saturated heterocycles. The van der Waals surface area contributed by atoms with Crippen molar-refractivity contribution >= 4 is 0 Å². The van der Waals surface area contributed by atoms with Crippen molar-refractivity contribution in [3.63, 3.8) is 0 Å². The van der Waals surface area contributed by atoms with Crippen LogP contribution >= 0.6 is 0 Å². The Bertz CT molecular complexity index is 468. The van der Waals surface area contributed by atoms with E-state index in [1.54, 1.807) is 0 Å². The molecular weight excluding hydrogens is 219 g/mol. The number of H-pyrrole nitrogens is 1. The van der Waals surface area contributed by atoms with Gasteiger partial charge < -0.3 is 9.72 Å². The molecule has 2 aromatic rings. The predicted octanol–water partition coefficient (Wildman–Crippen LogP) is 3.08. The second-order valence-electron chi connectivity index (χ2n) is 3.65. The van der Waals surface area contributed by atoms with Crippen LogP contribution in [-0.2, 0) is 18.0 Å². The number of hydrogen-bond acceptors (Lipinski definition) is 2. The lowest BCUT2D eigenvalue weighted by molar-refractivity contribution is 0.129. The quantitative estimate of drug-likeness (QED) is 0.863. The van der Waals surface area contributed by atoms with Crippen LogP contribution in [0.4, 0.5) is 4.39 Å². The fourth-order valence-electron chi connectivity index (χ4n) is 1.66. The largest absolute Gasteiger partial charge is 0.374 e. The maximum atomic E-state index is 12.9. The van der Waals surface area contributed by atoms with Gasteiger partial charge in [-0.05, 0) is 6.92 Å². The van der Waals surface area contributed by atoms with E-state index in [4.69, 9.17) is 4.74 Å². The topological polar surface area (TPSA) is 37.9 Å². The Hall–Kier alpha value is -1.68. The van der Waals surface area contributed by atoms with E-state index in [0.717, 1.165) is 5.56 Å². The van der Waals surface area contributed by atoms with Crippen molar-refractivity contribution in [3.05, 3.63) is 41.9 Å². The molecule has 0 aliphatic rings. The van der Waals surface area contributed by atoms with Crippen molar-refractivity contribution in [3.8, 4) is 11.3 Å². The molecule has 2 rings (SSSR count). The summed E-state index contributed by atoms with van der Waals surface area (Å²) in [5.41, 5.74) is 2.09. The Labute approximate surface area is 99.7 Å². The van der Waals surface area contributed by atoms with Crippen molar-refractivity contribution < 1.29 is 9.13 Å². The fraction of sp³-hybridized carbons (Fsp3) is 0.308. The highest BCUT2D eigenvalue weighted by atomic mass is 19.1. The van der Waals surface area contributed by atoms with E-state index < -0.39 is 6.67 Å². The summed E-state index contributed by atoms with van der Waals surface area (Å²) in [5.74, 6) is 0.665. The van der Waals surface area contributed by atoms with Gasteiger partial charge in [0.05, 0.1) is 11.4 Å². The minimum Gasteiger partial charge on any atom is -0.374 e. The van der Waals surface area contributed by atoms with Gasteiger partial charge in [-0.25, -0.2) is 9.37 Å². The van der Waals surface area contributed by atoms with Crippen molar-refractivity contribution in [1.29, 1.82) is 0 Å². The van der Waals surface area contributed by atoms with Crippen LogP contribution in [0.3, 0.4) is 0 Å². The van der Waals surface area contributed by atoms with Crippen LogP contribution in [0.1, 0.15) is 18.4 Å². The monoisotopic (exact) mass is 234 g/mol. The highest BCUT2D eigenvalue weighted by molar-refractivity contribution is 5.61. The van der Waals surface area contributed by atoms with Gasteiger partial charge in [-0.3, -0.25) is 0 Å². The third-order valence-electron chi connectivity index (χ3n) is 2.45. The first-order valence-electron chi connectivity index (χ1n) is 5.62. The van der Waals surface area contributed by atoms with Gasteiger partial charge in [-0.15, -0.1) is 0 Å². The first-order valence-corrected chi connectivity index (χ1v) is 5.62. The maximum absolute atomic E-state index is 12.9. The predicted molar refractivity (Wildman–Crippen MR) is 64.2 cm³/mol. The fourth-order valence-corrected chi connectivity index (χ4v) is 1.66. The molecule has 0 bridgehead atoms. The first kappa shape index (κ1) is 11.8. The Morgan fingerprint density at radius 1 is 1.29 bits per heavy atom. The lowest BCUT2D eigenvalue weighted by Crippen LogP contribution is -1.93. The lowest BCUT2D eigenvalue weighted by atomic mass is 10.1. The SMILES string of the molecule is CCOCc1nc(-c2ccccc2)c(CF)[nH]1. The second kappa shape index (κ2) is 5.59. The molecule has 1 aromatic heterocycles. The molecule has 0 radical (unpaired) electrons. The van der Waals surface area contributed by atoms with Crippen molar-refractivity contribution in [2.24, 2.45) is 0 Å². The van der Waals surface area contributed by atoms with Gasteiger partial charge in [-0.1, -0.05) is 30.3 Å². The van der Waals surface area contributed by atoms with Crippen molar-refractivity contribution in [2.45, 2.75) is 20.2 Å². The summed E-state index contributed by atoms with van der Waals surface area (Å²) in [7, 11) is 0. The van der Waals surface area contributed by atoms with E-state index in [1.165, 1.54) is 0 Å². The average Bonchev–Trinajstić information content (AvgIpc) is 2.80. The van der Waals surface area contributed by atoms with Crippen LogP contribution in [0.15, 0.2) is 30.3 Å². The summed E-state index contributed by atoms with van der Waals surface area (Å²) < 4.78 is 18.1. The summed E-state index contributed by atoms with van der Waals surface area (Å²) >= 11 is 0. The van der Waals surface area contributed by atoms with Crippen molar-refractivity contribution in [2.75, 3.05) is 6.61 Å². The van der Waals surface area contributed by atoms with E-state index >= 15 is 0 Å². The average molecular weight is 234 g/mol. The zero-order valence-corrected chi connectivity index (χ0v) is 9.74. The van der Waals surface area contributed by atoms with Crippen molar-refractivity contribution in [1.82, 2.24) is 9.97 Å². The number of imidazole rings is 1. The molecule has 1 N–H and O–H groups in total. The molecule has 4 heteroatoms. The first-order chi connectivity index (χ1) is 8.35. The molecule has 0 spiro atoms. The Kier molecular flexibility index (Phi) is 3.88. The number of ether oxygens (including phenoxy) is 1. The van der Waals surface area contributed by atoms with E-state index in [1.807, 2.05) is 37.3 Å². The number of nitrogens with one attached hydrogen (secondary N) is 1. The van der Waals surface area contributed by atoms with E-state index in [-0.39, 0.29) is 0 Å². The van der Waals surface area contributed by atoms with E-state index in [0.29, 0.717) is 30.4 Å². The molecule has 0 aliphatic carbocycles. The molecule has 0 aliphatic heterocycles. The number of alkyl halides is 1. The molecule has 90 valence electrons. The van der Waals surface area contributed by atoms with E-state index in [9.17, 15) is 4.39 Å². The van der Waals surface area contributed by atoms with E-state index in [2.05, 4.69) is 9.97 Å². The number of aromatic amines is 1. The van der Waals surface area contributed by atoms with Gasteiger partial charge in [0.15, 0.2) is 0 Å². The molecule has 0 unspecified atom stereocenters. The molecule has 3 nitrogen and oxygen atoms in total. The third kappa shape index (κ3) is 2.71. The summed E-state index contributed by atoms with van der Waals surface area (Å²) in [6.07, 6.45) is 0. The maximum Gasteiger partial charge on any atom is 0.133 e. The Balaban J connectivity index is 2.30. The van der Waals surface area contributed by atoms with Gasteiger partial charge in [0, 0.05) is 12.2 Å². The zero-order valence-electron chi connectivity index (χ0n) is 9.74. The normalized spacial score (nSPS) is 10.7. The number of aromatic nitrogens is 2. The van der Waals surface area contributed by atoms with Crippen LogP contribution < -0.4 is 0 Å². The molecule has 0 saturated carbocycles. The van der Waals surface area contributed by atoms with Gasteiger partial charge >= 0.3 is 0 Å². The summed E-state index contributed by atoms with van der Waals surface area (Å²) in [4.78, 5) is 7.32. The Morgan fingerprint density at radius 3 is 2.71 bits per heavy atom. The van der Waals surface area contributed by atoms with Gasteiger partial charge in [0.1, 0.15) is 19.1 Å². The van der Waals surface area contributed by atoms with Crippen LogP contribution in [0.25, 0.3) is 11.3 Å². The number of hydrogen-bond donors (Lipinski definition) is 1. The van der Waals surface area contributed by atoms with Gasteiger partial charge in [0.2, 0.25) is 0 Å². The minimum absolute atomic E-state index is 0.385. The zero-order chi connectivity index (χ0) is 12.1. The molecular formula is C13H15FN2O. The van der Waals surface area contributed by atoms with Crippen LogP contribution in [0.2, 0.25) is 0 Å². The van der Waals surface area contributed by atoms with Gasteiger partial charge in [0.25, 0.3) is 0 Å². The highest BCUT2D eigenvalue weighted by Gasteiger charge is 2.11. The van der Waals surface area contributed by atoms with Gasteiger partial charge in [-0.2, -0.15) is 0 Å². The molecule has 0 fully saturated rings. The summed E-state index contributed by atoms with van der Waals surface area (Å²) in [6, 6.07) is 9.58. The Morgan fingerprint density at radius 2 is 2.06 bits per heavy atom. The third-order valence-corrected chi connectivity index (χ3v) is 2.45. The minimum atomic E-state index is -0.552. The molecule has 0 amide bonds. The van der Waals surface area contributed by atoms with Crippen LogP contribution in [-0.4, -0.2) is 16.6 Å². The molecule has 1 heterocycles. The van der Waals surface area contributed by atoms with Crippen LogP contribution in [0, 0.1) is 0 Å². The highest BCUT2D eigenvalue weighted by Crippen LogP contribution is 2.22. The van der Waals surface area contributed by atoms with Crippen LogP contribution in [0.5, 0.6) is 0 Å². The second-order valence-corrected chi connectivity index (χ2v) is 3.65. The lowest BCUT2D eigenvalue weighted by Gasteiger charge is -1.97. The number of benzene rings is 1. The molecule has 17 heavy (non-hydrogen) atoms. The number of nitrogens with zero attached hydrogens (tertiary/aromatic N) is 1. The number of rotatable bonds is 5. The summed E-state index contributed by atoms with van der Waals surface area (Å²) in [6.45, 7) is 2.36. The number of halogens is 1. The summed E-state index contributed by atoms with van der Waals surface area (Å²) in [5, 5.41) is 0. The molecule has 0 atom stereocenters. The smallest absolute Gasteiger partial charge is 0.133 e. The molecule has 1 aromatic carbocycles. The standard InChI is InChI=1S/C13H15FN2O/c1-2-17-9-12-15-11(8-14)13(16-12)10-6-4-3-5-7-10/h3-7H,2,8-9H2,1H3,(H,15,16).